The van der Waals surface area contributed by atoms with Crippen molar-refractivity contribution in [2.75, 3.05) is 0 Å². The fraction of sp³-hybridized carbons (Fsp3) is 0.593. The van der Waals surface area contributed by atoms with Crippen molar-refractivity contribution in [3.8, 4) is 0 Å². The molecule has 1 N–H and O–H groups in total. The average molecular weight is 485 g/mol. The number of rotatable bonds is 4. The van der Waals surface area contributed by atoms with Gasteiger partial charge < -0.3 is 10.2 Å². The van der Waals surface area contributed by atoms with Crippen LogP contribution in [0.2, 0.25) is 5.02 Å². The van der Waals surface area contributed by atoms with Crippen molar-refractivity contribution in [1.29, 1.82) is 0 Å². The Morgan fingerprint density at radius 1 is 1.12 bits per heavy atom. The summed E-state index contributed by atoms with van der Waals surface area (Å²) in [5.74, 6) is -0.265. The number of halogens is 1. The molecule has 0 saturated heterocycles. The third-order valence-corrected chi connectivity index (χ3v) is 7.50. The molecule has 0 unspecified atom stereocenters. The van der Waals surface area contributed by atoms with Gasteiger partial charge in [0.2, 0.25) is 5.91 Å². The van der Waals surface area contributed by atoms with E-state index in [1.807, 2.05) is 37.3 Å². The first kappa shape index (κ1) is 24.8. The van der Waals surface area contributed by atoms with Crippen LogP contribution in [-0.2, 0) is 23.3 Å². The zero-order chi connectivity index (χ0) is 24.5. The number of nitrogens with zero attached hydrogens (tertiary/aromatic N) is 3. The van der Waals surface area contributed by atoms with Crippen LogP contribution < -0.4 is 5.32 Å². The number of amides is 2. The van der Waals surface area contributed by atoms with E-state index < -0.39 is 5.54 Å². The van der Waals surface area contributed by atoms with Crippen molar-refractivity contribution in [2.45, 2.75) is 103 Å². The van der Waals surface area contributed by atoms with Crippen LogP contribution in [0.15, 0.2) is 30.3 Å². The number of fused-ring (bicyclic) bond motifs is 1. The molecule has 2 amide bonds. The Hall–Kier alpha value is -2.34. The summed E-state index contributed by atoms with van der Waals surface area (Å²) in [6, 6.07) is 9.49. The van der Waals surface area contributed by atoms with E-state index in [-0.39, 0.29) is 23.3 Å². The Kier molecular flexibility index (Phi) is 7.09. The third-order valence-electron chi connectivity index (χ3n) is 7.25. The van der Waals surface area contributed by atoms with Crippen LogP contribution in [0.25, 0.3) is 0 Å². The molecule has 2 aliphatic rings. The van der Waals surface area contributed by atoms with E-state index in [0.717, 1.165) is 36.9 Å². The fourth-order valence-corrected chi connectivity index (χ4v) is 5.10. The van der Waals surface area contributed by atoms with Crippen molar-refractivity contribution in [3.05, 3.63) is 52.3 Å². The van der Waals surface area contributed by atoms with Gasteiger partial charge in [-0.2, -0.15) is 5.10 Å². The summed E-state index contributed by atoms with van der Waals surface area (Å²) in [6.07, 6.45) is 7.97. The Balaban J connectivity index is 1.67. The zero-order valence-electron chi connectivity index (χ0n) is 20.9. The maximum absolute atomic E-state index is 13.8. The number of aromatic nitrogens is 2. The molecule has 0 spiro atoms. The lowest BCUT2D eigenvalue weighted by Crippen LogP contribution is -2.64. The molecule has 1 aliphatic carbocycles. The molecule has 1 fully saturated rings. The molecule has 4 rings (SSSR count). The molecular formula is C27H37ClN4O2. The first-order chi connectivity index (χ1) is 16.1. The second-order valence-corrected chi connectivity index (χ2v) is 11.6. The molecule has 1 saturated carbocycles. The standard InChI is InChI=1S/C27H37ClN4O2/c1-26(2,3)23-16-22-24(33)31(17-19-12-14-20(28)15-13-19)27(4,18-32(22)30-23)25(34)29-21-10-8-6-5-7-9-11-21/h12-16,21H,5-11,17-18H2,1-4H3,(H,29,34)/t27-/m1/s1. The van der Waals surface area contributed by atoms with Crippen molar-refractivity contribution < 1.29 is 9.59 Å². The summed E-state index contributed by atoms with van der Waals surface area (Å²) in [4.78, 5) is 29.4. The van der Waals surface area contributed by atoms with Gasteiger partial charge in [0.25, 0.3) is 5.91 Å². The Morgan fingerprint density at radius 2 is 1.74 bits per heavy atom. The lowest BCUT2D eigenvalue weighted by Gasteiger charge is -2.44. The second-order valence-electron chi connectivity index (χ2n) is 11.1. The third kappa shape index (κ3) is 5.17. The number of nitrogens with one attached hydrogen (secondary N) is 1. The van der Waals surface area contributed by atoms with Crippen LogP contribution in [0.3, 0.4) is 0 Å². The van der Waals surface area contributed by atoms with Gasteiger partial charge in [0.05, 0.1) is 12.2 Å². The average Bonchev–Trinajstić information content (AvgIpc) is 3.18. The van der Waals surface area contributed by atoms with E-state index in [1.165, 1.54) is 19.3 Å². The number of carbonyl (C=O) groups excluding carboxylic acids is 2. The highest BCUT2D eigenvalue weighted by molar-refractivity contribution is 6.30. The minimum absolute atomic E-state index is 0.0983. The molecule has 184 valence electrons. The number of benzene rings is 1. The minimum atomic E-state index is -1.05. The van der Waals surface area contributed by atoms with Gasteiger partial charge >= 0.3 is 0 Å². The molecule has 1 atom stereocenters. The van der Waals surface area contributed by atoms with Crippen molar-refractivity contribution in [1.82, 2.24) is 20.0 Å². The summed E-state index contributed by atoms with van der Waals surface area (Å²) >= 11 is 6.08. The van der Waals surface area contributed by atoms with Gasteiger partial charge in [-0.25, -0.2) is 0 Å². The Labute approximate surface area is 208 Å². The maximum Gasteiger partial charge on any atom is 0.273 e. The second kappa shape index (κ2) is 9.73. The van der Waals surface area contributed by atoms with E-state index in [9.17, 15) is 9.59 Å². The van der Waals surface area contributed by atoms with E-state index in [2.05, 4.69) is 26.1 Å². The topological polar surface area (TPSA) is 67.2 Å². The monoisotopic (exact) mass is 484 g/mol. The van der Waals surface area contributed by atoms with Gasteiger partial charge in [-0.05, 0) is 43.5 Å². The van der Waals surface area contributed by atoms with Gasteiger partial charge in [0.15, 0.2) is 0 Å². The van der Waals surface area contributed by atoms with Crippen LogP contribution in [0.4, 0.5) is 0 Å². The van der Waals surface area contributed by atoms with E-state index in [0.29, 0.717) is 23.8 Å². The number of carbonyl (C=O) groups is 2. The highest BCUT2D eigenvalue weighted by atomic mass is 35.5. The lowest BCUT2D eigenvalue weighted by molar-refractivity contribution is -0.134. The summed E-state index contributed by atoms with van der Waals surface area (Å²) < 4.78 is 1.74. The summed E-state index contributed by atoms with van der Waals surface area (Å²) in [6.45, 7) is 8.78. The first-order valence-electron chi connectivity index (χ1n) is 12.5. The van der Waals surface area contributed by atoms with Crippen molar-refractivity contribution in [2.24, 2.45) is 0 Å². The Bertz CT molecular complexity index is 1030. The Morgan fingerprint density at radius 3 is 2.35 bits per heavy atom. The smallest absolute Gasteiger partial charge is 0.273 e. The highest BCUT2D eigenvalue weighted by Crippen LogP contribution is 2.32. The van der Waals surface area contributed by atoms with Crippen LogP contribution in [0.5, 0.6) is 0 Å². The van der Waals surface area contributed by atoms with Gasteiger partial charge in [0.1, 0.15) is 11.2 Å². The highest BCUT2D eigenvalue weighted by Gasteiger charge is 2.48. The quantitative estimate of drug-likeness (QED) is 0.625. The van der Waals surface area contributed by atoms with E-state index in [4.69, 9.17) is 16.7 Å². The molecule has 2 aromatic rings. The van der Waals surface area contributed by atoms with Gasteiger partial charge in [-0.15, -0.1) is 0 Å². The van der Waals surface area contributed by atoms with Crippen LogP contribution >= 0.6 is 11.6 Å². The SMILES string of the molecule is CC(C)(C)c1cc2n(n1)C[C@](C)(C(=O)NC1CCCCCCC1)N(Cc1ccc(Cl)cc1)C2=O. The van der Waals surface area contributed by atoms with E-state index in [1.54, 1.807) is 9.58 Å². The van der Waals surface area contributed by atoms with Crippen molar-refractivity contribution in [3.63, 3.8) is 0 Å². The molecule has 1 aromatic heterocycles. The van der Waals surface area contributed by atoms with E-state index >= 15 is 0 Å². The molecule has 7 heteroatoms. The molecule has 0 bridgehead atoms. The molecule has 2 heterocycles. The fourth-order valence-electron chi connectivity index (χ4n) is 4.97. The molecule has 34 heavy (non-hydrogen) atoms. The van der Waals surface area contributed by atoms with Crippen molar-refractivity contribution >= 4 is 23.4 Å². The maximum atomic E-state index is 13.8. The predicted octanol–water partition coefficient (Wildman–Crippen LogP) is 5.48. The number of hydrogen-bond acceptors (Lipinski definition) is 3. The largest absolute Gasteiger partial charge is 0.351 e. The molecule has 6 nitrogen and oxygen atoms in total. The first-order valence-corrected chi connectivity index (χ1v) is 12.9. The summed E-state index contributed by atoms with van der Waals surface area (Å²) in [5, 5.41) is 8.71. The molecular weight excluding hydrogens is 448 g/mol. The molecule has 0 radical (unpaired) electrons. The van der Waals surface area contributed by atoms with Crippen LogP contribution in [-0.4, -0.2) is 38.1 Å². The molecule has 1 aliphatic heterocycles. The number of hydrogen-bond donors (Lipinski definition) is 1. The predicted molar refractivity (Wildman–Crippen MR) is 135 cm³/mol. The van der Waals surface area contributed by atoms with Crippen LogP contribution in [0, 0.1) is 0 Å². The normalized spacial score (nSPS) is 22.1. The molecule has 1 aromatic carbocycles. The summed E-state index contributed by atoms with van der Waals surface area (Å²) in [7, 11) is 0. The zero-order valence-corrected chi connectivity index (χ0v) is 21.6. The van der Waals surface area contributed by atoms with Gasteiger partial charge in [-0.1, -0.05) is 76.6 Å². The van der Waals surface area contributed by atoms with Gasteiger partial charge in [-0.3, -0.25) is 14.3 Å². The minimum Gasteiger partial charge on any atom is -0.351 e. The lowest BCUT2D eigenvalue weighted by atomic mass is 9.91. The summed E-state index contributed by atoms with van der Waals surface area (Å²) in [5.41, 5.74) is 1.09. The van der Waals surface area contributed by atoms with Crippen LogP contribution in [0.1, 0.15) is 94.4 Å². The van der Waals surface area contributed by atoms with Gasteiger partial charge in [0, 0.05) is 23.0 Å².